The second kappa shape index (κ2) is 10.6. The van der Waals surface area contributed by atoms with Crippen LogP contribution in [0.25, 0.3) is 10.8 Å². The first-order valence-corrected chi connectivity index (χ1v) is 11.6. The average molecular weight is 511 g/mol. The lowest BCUT2D eigenvalue weighted by Crippen LogP contribution is -2.03. The highest BCUT2D eigenvalue weighted by Crippen LogP contribution is 2.35. The van der Waals surface area contributed by atoms with Gasteiger partial charge in [-0.05, 0) is 72.8 Å². The molecule has 0 aliphatic heterocycles. The topological polar surface area (TPSA) is 66.7 Å². The molecule has 188 valence electrons. The Hall–Kier alpha value is -4.92. The Balaban J connectivity index is 1.31. The molecule has 38 heavy (non-hydrogen) atoms. The van der Waals surface area contributed by atoms with E-state index >= 15 is 0 Å². The maximum absolute atomic E-state index is 12.7. The van der Waals surface area contributed by atoms with Crippen molar-refractivity contribution in [3.05, 3.63) is 115 Å². The van der Waals surface area contributed by atoms with Crippen molar-refractivity contribution in [2.24, 2.45) is 32.5 Å². The smallest absolute Gasteiger partial charge is 0.350 e. The van der Waals surface area contributed by atoms with Crippen LogP contribution in [0.4, 0.5) is 41.6 Å². The van der Waals surface area contributed by atoms with Gasteiger partial charge in [-0.2, -0.15) is 28.5 Å². The van der Waals surface area contributed by atoms with Crippen LogP contribution in [0.5, 0.6) is 0 Å². The summed E-state index contributed by atoms with van der Waals surface area (Å²) in [5, 5.41) is 18.8. The number of rotatable bonds is 6. The van der Waals surface area contributed by atoms with Gasteiger partial charge in [0.15, 0.2) is 0 Å². The summed E-state index contributed by atoms with van der Waals surface area (Å²) < 4.78 is 40.1. The molecule has 9 heteroatoms. The molecule has 0 amide bonds. The Labute approximate surface area is 216 Å². The summed E-state index contributed by atoms with van der Waals surface area (Å²) in [6.45, 7) is 0. The van der Waals surface area contributed by atoms with E-state index < -0.39 is 11.7 Å². The predicted octanol–water partition coefficient (Wildman–Crippen LogP) is 9.78. The van der Waals surface area contributed by atoms with Gasteiger partial charge in [0.2, 0.25) is 0 Å². The number of fused-ring (bicyclic) bond motifs is 1. The monoisotopic (exact) mass is 510 g/mol. The maximum Gasteiger partial charge on any atom is 0.416 e. The molecule has 5 rings (SSSR count). The molecule has 0 radical (unpaired) electrons. The summed E-state index contributed by atoms with van der Waals surface area (Å²) in [6.07, 6.45) is -0.582. The highest BCUT2D eigenvalue weighted by Gasteiger charge is 2.29. The number of hydrogen-bond donors (Lipinski definition) is 0. The second-order valence-corrected chi connectivity index (χ2v) is 8.41. The van der Waals surface area contributed by atoms with Crippen molar-refractivity contribution >= 4 is 45.4 Å². The van der Waals surface area contributed by atoms with Gasteiger partial charge in [0.25, 0.3) is 0 Å². The van der Waals surface area contributed by atoms with Gasteiger partial charge < -0.3 is 4.57 Å². The zero-order valence-corrected chi connectivity index (χ0v) is 20.2. The summed E-state index contributed by atoms with van der Waals surface area (Å²) in [6, 6.07) is 27.1. The Morgan fingerprint density at radius 1 is 0.605 bits per heavy atom. The number of alkyl halides is 3. The Morgan fingerprint density at radius 3 is 1.68 bits per heavy atom. The van der Waals surface area contributed by atoms with E-state index in [0.717, 1.165) is 34.3 Å². The zero-order valence-electron chi connectivity index (χ0n) is 20.2. The van der Waals surface area contributed by atoms with E-state index in [1.807, 2.05) is 72.6 Å². The number of benzene rings is 4. The predicted molar refractivity (Wildman–Crippen MR) is 143 cm³/mol. The Morgan fingerprint density at radius 2 is 1.13 bits per heavy atom. The normalized spacial score (nSPS) is 12.4. The van der Waals surface area contributed by atoms with Crippen molar-refractivity contribution in [3.8, 4) is 0 Å². The lowest BCUT2D eigenvalue weighted by molar-refractivity contribution is -0.137. The van der Waals surface area contributed by atoms with E-state index in [1.54, 1.807) is 24.3 Å². The standard InChI is InChI=1S/C29H21F3N6/c1-38-18-4-5-24(38)19-33-27-16-17-28(26-7-3-2-6-25(26)27)37-36-23-14-12-22(13-15-23)35-34-21-10-8-20(9-11-21)29(30,31)32/h2-19H,1H3/b33-19+,35-34+,37-36+. The summed E-state index contributed by atoms with van der Waals surface area (Å²) in [7, 11) is 1.97. The average Bonchev–Trinajstić information content (AvgIpc) is 3.34. The van der Waals surface area contributed by atoms with Crippen molar-refractivity contribution in [1.82, 2.24) is 4.57 Å². The van der Waals surface area contributed by atoms with Gasteiger partial charge in [-0.15, -0.1) is 5.11 Å². The fraction of sp³-hybridized carbons (Fsp3) is 0.0690. The quantitative estimate of drug-likeness (QED) is 0.161. The molecule has 0 bridgehead atoms. The SMILES string of the molecule is Cn1cccc1/C=N/c1ccc(/N=N/c2ccc(/N=N/c3ccc(C(F)(F)F)cc3)cc2)c2ccccc12. The van der Waals surface area contributed by atoms with Crippen LogP contribution >= 0.6 is 0 Å². The molecule has 0 aliphatic rings. The van der Waals surface area contributed by atoms with Crippen LogP contribution in [0.2, 0.25) is 0 Å². The molecule has 0 atom stereocenters. The van der Waals surface area contributed by atoms with Gasteiger partial charge in [-0.3, -0.25) is 4.99 Å². The Bertz CT molecular complexity index is 1650. The largest absolute Gasteiger partial charge is 0.416 e. The summed E-state index contributed by atoms with van der Waals surface area (Å²) in [5.41, 5.74) is 3.30. The number of aliphatic imine (C=N–C) groups is 1. The molecule has 0 spiro atoms. The number of halogens is 3. The van der Waals surface area contributed by atoms with E-state index in [4.69, 9.17) is 0 Å². The first-order valence-electron chi connectivity index (χ1n) is 11.6. The minimum absolute atomic E-state index is 0.324. The molecule has 0 unspecified atom stereocenters. The van der Waals surface area contributed by atoms with Crippen LogP contribution in [-0.2, 0) is 13.2 Å². The molecule has 6 nitrogen and oxygen atoms in total. The van der Waals surface area contributed by atoms with Crippen molar-refractivity contribution in [1.29, 1.82) is 0 Å². The minimum Gasteiger partial charge on any atom is -0.350 e. The fourth-order valence-corrected chi connectivity index (χ4v) is 3.74. The van der Waals surface area contributed by atoms with Gasteiger partial charge >= 0.3 is 6.18 Å². The van der Waals surface area contributed by atoms with E-state index in [0.29, 0.717) is 22.7 Å². The van der Waals surface area contributed by atoms with Crippen LogP contribution in [0.3, 0.4) is 0 Å². The summed E-state index contributed by atoms with van der Waals surface area (Å²) in [4.78, 5) is 4.67. The molecule has 1 heterocycles. The van der Waals surface area contributed by atoms with Crippen molar-refractivity contribution in [3.63, 3.8) is 0 Å². The van der Waals surface area contributed by atoms with Crippen LogP contribution in [0.15, 0.2) is 129 Å². The first-order chi connectivity index (χ1) is 18.4. The highest BCUT2D eigenvalue weighted by molar-refractivity contribution is 6.01. The third-order valence-corrected chi connectivity index (χ3v) is 5.80. The Kier molecular flexibility index (Phi) is 6.90. The lowest BCUT2D eigenvalue weighted by Gasteiger charge is -2.05. The van der Waals surface area contributed by atoms with Gasteiger partial charge in [-0.25, -0.2) is 0 Å². The summed E-state index contributed by atoms with van der Waals surface area (Å²) in [5.74, 6) is 0. The summed E-state index contributed by atoms with van der Waals surface area (Å²) >= 11 is 0. The van der Waals surface area contributed by atoms with Gasteiger partial charge in [-0.1, -0.05) is 24.3 Å². The molecule has 5 aromatic rings. The molecule has 4 aromatic carbocycles. The second-order valence-electron chi connectivity index (χ2n) is 8.41. The number of aromatic nitrogens is 1. The molecule has 0 saturated heterocycles. The van der Waals surface area contributed by atoms with Crippen molar-refractivity contribution < 1.29 is 13.2 Å². The highest BCUT2D eigenvalue weighted by atomic mass is 19.4. The van der Waals surface area contributed by atoms with Gasteiger partial charge in [0, 0.05) is 24.0 Å². The fourth-order valence-electron chi connectivity index (χ4n) is 3.74. The van der Waals surface area contributed by atoms with E-state index in [-0.39, 0.29) is 0 Å². The number of azo groups is 2. The minimum atomic E-state index is -4.38. The molecule has 1 aromatic heterocycles. The van der Waals surface area contributed by atoms with Crippen molar-refractivity contribution in [2.75, 3.05) is 0 Å². The molecular weight excluding hydrogens is 489 g/mol. The molecule has 0 aliphatic carbocycles. The number of aryl methyl sites for hydroxylation is 1. The third kappa shape index (κ3) is 5.73. The maximum atomic E-state index is 12.7. The molecule has 0 N–H and O–H groups in total. The van der Waals surface area contributed by atoms with Crippen molar-refractivity contribution in [2.45, 2.75) is 6.18 Å². The third-order valence-electron chi connectivity index (χ3n) is 5.80. The van der Waals surface area contributed by atoms with Crippen LogP contribution in [0, 0.1) is 0 Å². The molecule has 0 fully saturated rings. The van der Waals surface area contributed by atoms with E-state index in [9.17, 15) is 13.2 Å². The van der Waals surface area contributed by atoms with Crippen LogP contribution < -0.4 is 0 Å². The van der Waals surface area contributed by atoms with Crippen LogP contribution in [-0.4, -0.2) is 10.8 Å². The number of nitrogens with zero attached hydrogens (tertiary/aromatic N) is 6. The number of hydrogen-bond acceptors (Lipinski definition) is 5. The molecular formula is C29H21F3N6. The van der Waals surface area contributed by atoms with Gasteiger partial charge in [0.05, 0.1) is 45.9 Å². The van der Waals surface area contributed by atoms with Crippen LogP contribution in [0.1, 0.15) is 11.3 Å². The first kappa shape index (κ1) is 24.8. The lowest BCUT2D eigenvalue weighted by atomic mass is 10.1. The van der Waals surface area contributed by atoms with E-state index in [1.165, 1.54) is 12.1 Å². The molecule has 0 saturated carbocycles. The van der Waals surface area contributed by atoms with Gasteiger partial charge in [0.1, 0.15) is 0 Å². The van der Waals surface area contributed by atoms with E-state index in [2.05, 4.69) is 25.4 Å². The zero-order chi connectivity index (χ0) is 26.5.